The maximum absolute atomic E-state index is 13.3. The highest BCUT2D eigenvalue weighted by Crippen LogP contribution is 2.39. The predicted octanol–water partition coefficient (Wildman–Crippen LogP) is 3.39. The van der Waals surface area contributed by atoms with Gasteiger partial charge in [0, 0.05) is 6.54 Å². The van der Waals surface area contributed by atoms with Crippen LogP contribution >= 0.6 is 23.4 Å². The number of fused-ring (bicyclic) bond motifs is 1. The molecular formula is C20H24ClFN2O3S. The van der Waals surface area contributed by atoms with Gasteiger partial charge in [0.05, 0.1) is 16.9 Å². The van der Waals surface area contributed by atoms with E-state index in [1.54, 1.807) is 17.8 Å². The van der Waals surface area contributed by atoms with E-state index in [9.17, 15) is 18.8 Å². The zero-order valence-corrected chi connectivity index (χ0v) is 17.3. The first-order chi connectivity index (χ1) is 13.4. The maximum Gasteiger partial charge on any atom is 0.243 e. The molecule has 3 amide bonds. The molecule has 2 fully saturated rings. The van der Waals surface area contributed by atoms with Gasteiger partial charge < -0.3 is 5.32 Å². The van der Waals surface area contributed by atoms with Crippen LogP contribution in [0.5, 0.6) is 0 Å². The Labute approximate surface area is 173 Å². The highest BCUT2D eigenvalue weighted by Gasteiger charge is 2.51. The van der Waals surface area contributed by atoms with Crippen molar-refractivity contribution in [1.82, 2.24) is 10.2 Å². The fourth-order valence-electron chi connectivity index (χ4n) is 4.06. The molecule has 28 heavy (non-hydrogen) atoms. The molecule has 1 aliphatic carbocycles. The average Bonchev–Trinajstić information content (AvgIpc) is 2.94. The third-order valence-corrected chi connectivity index (χ3v) is 6.47. The van der Waals surface area contributed by atoms with Crippen LogP contribution in [-0.2, 0) is 20.9 Å². The van der Waals surface area contributed by atoms with Crippen molar-refractivity contribution < 1.29 is 18.8 Å². The Morgan fingerprint density at radius 1 is 1.29 bits per heavy atom. The lowest BCUT2D eigenvalue weighted by Crippen LogP contribution is -2.50. The maximum atomic E-state index is 13.3. The van der Waals surface area contributed by atoms with Crippen molar-refractivity contribution >= 4 is 41.1 Å². The van der Waals surface area contributed by atoms with Gasteiger partial charge in [-0.25, -0.2) is 4.39 Å². The fourth-order valence-corrected chi connectivity index (χ4v) is 4.72. The van der Waals surface area contributed by atoms with Crippen molar-refractivity contribution in [3.8, 4) is 0 Å². The molecule has 1 N–H and O–H groups in total. The summed E-state index contributed by atoms with van der Waals surface area (Å²) in [7, 11) is 0. The van der Waals surface area contributed by atoms with Crippen LogP contribution in [0.15, 0.2) is 18.2 Å². The molecule has 1 saturated carbocycles. The highest BCUT2D eigenvalue weighted by molar-refractivity contribution is 7.98. The van der Waals surface area contributed by atoms with Crippen molar-refractivity contribution in [3.05, 3.63) is 34.6 Å². The third kappa shape index (κ3) is 4.35. The first-order valence-corrected chi connectivity index (χ1v) is 11.3. The summed E-state index contributed by atoms with van der Waals surface area (Å²) >= 11 is 7.35. The molecule has 0 radical (unpaired) electrons. The van der Waals surface area contributed by atoms with Crippen LogP contribution in [-0.4, -0.2) is 40.7 Å². The molecule has 1 saturated heterocycles. The minimum absolute atomic E-state index is 0.0142. The Morgan fingerprint density at radius 3 is 2.50 bits per heavy atom. The number of halogens is 2. The van der Waals surface area contributed by atoms with Crippen molar-refractivity contribution in [2.75, 3.05) is 12.0 Å². The lowest BCUT2D eigenvalue weighted by atomic mass is 9.81. The number of likely N-dealkylation sites (tertiary alicyclic amines) is 1. The Balaban J connectivity index is 1.73. The van der Waals surface area contributed by atoms with Gasteiger partial charge in [0.1, 0.15) is 11.9 Å². The van der Waals surface area contributed by atoms with Crippen LogP contribution in [0.25, 0.3) is 0 Å². The number of nitrogens with one attached hydrogen (secondary N) is 1. The summed E-state index contributed by atoms with van der Waals surface area (Å²) in [5, 5.41) is 2.76. The second-order valence-electron chi connectivity index (χ2n) is 7.31. The molecule has 1 heterocycles. The van der Waals surface area contributed by atoms with Crippen LogP contribution in [0.2, 0.25) is 5.02 Å². The van der Waals surface area contributed by atoms with Crippen LogP contribution < -0.4 is 5.32 Å². The lowest BCUT2D eigenvalue weighted by Gasteiger charge is -2.26. The Kier molecular flexibility index (Phi) is 6.99. The number of hydrogen-bond acceptors (Lipinski definition) is 4. The van der Waals surface area contributed by atoms with Crippen LogP contribution in [0.4, 0.5) is 4.39 Å². The Morgan fingerprint density at radius 2 is 1.93 bits per heavy atom. The second-order valence-corrected chi connectivity index (χ2v) is 8.70. The van der Waals surface area contributed by atoms with Crippen molar-refractivity contribution in [2.45, 2.75) is 44.7 Å². The molecule has 3 atom stereocenters. The van der Waals surface area contributed by atoms with Crippen molar-refractivity contribution in [1.29, 1.82) is 0 Å². The van der Waals surface area contributed by atoms with Gasteiger partial charge >= 0.3 is 0 Å². The van der Waals surface area contributed by atoms with Gasteiger partial charge in [-0.2, -0.15) is 11.8 Å². The van der Waals surface area contributed by atoms with E-state index >= 15 is 0 Å². The largest absolute Gasteiger partial charge is 0.350 e. The van der Waals surface area contributed by atoms with Gasteiger partial charge in [0.2, 0.25) is 17.7 Å². The topological polar surface area (TPSA) is 66.5 Å². The molecule has 0 bridgehead atoms. The molecule has 5 nitrogen and oxygen atoms in total. The van der Waals surface area contributed by atoms with E-state index in [-0.39, 0.29) is 41.1 Å². The summed E-state index contributed by atoms with van der Waals surface area (Å²) in [6.45, 7) is 0.150. The zero-order valence-electron chi connectivity index (χ0n) is 15.7. The van der Waals surface area contributed by atoms with E-state index in [0.717, 1.165) is 25.7 Å². The van der Waals surface area contributed by atoms with Crippen LogP contribution in [0.3, 0.4) is 0 Å². The monoisotopic (exact) mass is 426 g/mol. The van der Waals surface area contributed by atoms with E-state index in [1.807, 2.05) is 6.26 Å². The number of thioether (sulfide) groups is 1. The Bertz CT molecular complexity index is 752. The number of hydrogen-bond donors (Lipinski definition) is 1. The third-order valence-electron chi connectivity index (χ3n) is 5.54. The number of amides is 3. The number of benzene rings is 1. The minimum atomic E-state index is -0.811. The number of carbonyl (C=O) groups is 3. The lowest BCUT2D eigenvalue weighted by molar-refractivity contribution is -0.148. The van der Waals surface area contributed by atoms with Crippen molar-refractivity contribution in [3.63, 3.8) is 0 Å². The molecule has 3 rings (SSSR count). The molecular weight excluding hydrogens is 403 g/mol. The van der Waals surface area contributed by atoms with E-state index in [1.165, 1.54) is 17.0 Å². The summed E-state index contributed by atoms with van der Waals surface area (Å²) in [5.74, 6) is -1.20. The SMILES string of the molecule is CSCCC(C(=O)NCc1ccc(F)c(Cl)c1)N1C(=O)C2CCCCC2C1=O. The zero-order chi connectivity index (χ0) is 20.3. The van der Waals surface area contributed by atoms with Crippen molar-refractivity contribution in [2.24, 2.45) is 11.8 Å². The summed E-state index contributed by atoms with van der Waals surface area (Å²) < 4.78 is 13.3. The number of rotatable bonds is 7. The molecule has 1 aliphatic heterocycles. The van der Waals surface area contributed by atoms with Gasteiger partial charge in [-0.3, -0.25) is 19.3 Å². The number of nitrogens with zero attached hydrogens (tertiary/aromatic N) is 1. The normalized spacial score (nSPS) is 22.9. The predicted molar refractivity (Wildman–Crippen MR) is 107 cm³/mol. The van der Waals surface area contributed by atoms with E-state index in [2.05, 4.69) is 5.32 Å². The Hall–Kier alpha value is -1.60. The van der Waals surface area contributed by atoms with E-state index in [4.69, 9.17) is 11.6 Å². The molecule has 0 spiro atoms. The fraction of sp³-hybridized carbons (Fsp3) is 0.550. The highest BCUT2D eigenvalue weighted by atomic mass is 35.5. The molecule has 0 aromatic heterocycles. The quantitative estimate of drug-likeness (QED) is 0.678. The molecule has 152 valence electrons. The second kappa shape index (κ2) is 9.27. The summed E-state index contributed by atoms with van der Waals surface area (Å²) in [6.07, 6.45) is 5.66. The number of carbonyl (C=O) groups excluding carboxylic acids is 3. The molecule has 2 aliphatic rings. The van der Waals surface area contributed by atoms with Gasteiger partial charge in [0.15, 0.2) is 0 Å². The summed E-state index contributed by atoms with van der Waals surface area (Å²) in [6, 6.07) is 3.43. The van der Waals surface area contributed by atoms with E-state index < -0.39 is 11.9 Å². The smallest absolute Gasteiger partial charge is 0.243 e. The average molecular weight is 427 g/mol. The van der Waals surface area contributed by atoms with Gasteiger partial charge in [-0.1, -0.05) is 30.5 Å². The van der Waals surface area contributed by atoms with Gasteiger partial charge in [0.25, 0.3) is 0 Å². The van der Waals surface area contributed by atoms with Crippen LogP contribution in [0.1, 0.15) is 37.7 Å². The van der Waals surface area contributed by atoms with Crippen LogP contribution in [0, 0.1) is 17.7 Å². The summed E-state index contributed by atoms with van der Waals surface area (Å²) in [5.41, 5.74) is 0.649. The molecule has 1 aromatic rings. The first-order valence-electron chi connectivity index (χ1n) is 9.51. The molecule has 8 heteroatoms. The number of imide groups is 1. The first kappa shape index (κ1) is 21.1. The minimum Gasteiger partial charge on any atom is -0.350 e. The standard InChI is InChI=1S/C20H24ClFN2O3S/c1-28-9-8-17(18(25)23-11-12-6-7-16(22)15(21)10-12)24-19(26)13-4-2-3-5-14(13)20(24)27/h6-7,10,13-14,17H,2-5,8-9,11H2,1H3,(H,23,25). The van der Waals surface area contributed by atoms with Gasteiger partial charge in [-0.15, -0.1) is 0 Å². The molecule has 1 aromatic carbocycles. The van der Waals surface area contributed by atoms with Gasteiger partial charge in [-0.05, 0) is 49.0 Å². The molecule has 3 unspecified atom stereocenters. The summed E-state index contributed by atoms with van der Waals surface area (Å²) in [4.78, 5) is 39.8. The van der Waals surface area contributed by atoms with E-state index in [0.29, 0.717) is 17.7 Å².